The summed E-state index contributed by atoms with van der Waals surface area (Å²) in [6.07, 6.45) is 3.06. The van der Waals surface area contributed by atoms with Crippen molar-refractivity contribution in [2.75, 3.05) is 12.4 Å². The van der Waals surface area contributed by atoms with E-state index in [-0.39, 0.29) is 23.5 Å². The van der Waals surface area contributed by atoms with Gasteiger partial charge >= 0.3 is 0 Å². The molecule has 1 aliphatic rings. The number of amides is 2. The summed E-state index contributed by atoms with van der Waals surface area (Å²) in [5, 5.41) is 2.84. The number of rotatable bonds is 4. The largest absolute Gasteiger partial charge is 0.322 e. The lowest BCUT2D eigenvalue weighted by Gasteiger charge is -2.28. The Morgan fingerprint density at radius 1 is 1.03 bits per heavy atom. The Morgan fingerprint density at radius 3 is 2.41 bits per heavy atom. The highest BCUT2D eigenvalue weighted by atomic mass is 19.1. The van der Waals surface area contributed by atoms with Gasteiger partial charge < -0.3 is 14.8 Å². The van der Waals surface area contributed by atoms with Gasteiger partial charge in [0.05, 0.1) is 0 Å². The van der Waals surface area contributed by atoms with Crippen molar-refractivity contribution >= 4 is 17.5 Å². The van der Waals surface area contributed by atoms with Crippen LogP contribution in [0, 0.1) is 18.6 Å². The highest BCUT2D eigenvalue weighted by Crippen LogP contribution is 2.34. The zero-order valence-corrected chi connectivity index (χ0v) is 18.9. The fourth-order valence-corrected chi connectivity index (χ4v) is 3.98. The lowest BCUT2D eigenvalue weighted by molar-refractivity contribution is -0.128. The average molecular weight is 463 g/mol. The summed E-state index contributed by atoms with van der Waals surface area (Å²) in [4.78, 5) is 38.7. The van der Waals surface area contributed by atoms with Crippen molar-refractivity contribution in [2.45, 2.75) is 19.3 Å². The van der Waals surface area contributed by atoms with E-state index in [1.807, 2.05) is 0 Å². The number of carbonyl (C=O) groups is 2. The van der Waals surface area contributed by atoms with E-state index in [0.717, 1.165) is 0 Å². The minimum absolute atomic E-state index is 0.0626. The van der Waals surface area contributed by atoms with Gasteiger partial charge in [-0.3, -0.25) is 14.4 Å². The number of nitrogens with one attached hydrogen (secondary N) is 1. The molecular weight excluding hydrogens is 440 g/mol. The third kappa shape index (κ3) is 4.52. The van der Waals surface area contributed by atoms with E-state index < -0.39 is 23.5 Å². The van der Waals surface area contributed by atoms with Crippen molar-refractivity contribution in [2.24, 2.45) is 7.05 Å². The van der Waals surface area contributed by atoms with Crippen LogP contribution in [-0.2, 0) is 16.6 Å². The van der Waals surface area contributed by atoms with Gasteiger partial charge in [0.15, 0.2) is 0 Å². The fraction of sp³-hybridized carbons (Fsp3) is 0.192. The fourth-order valence-electron chi connectivity index (χ4n) is 3.98. The summed E-state index contributed by atoms with van der Waals surface area (Å²) in [5.41, 5.74) is 2.39. The molecule has 0 saturated carbocycles. The van der Waals surface area contributed by atoms with Crippen LogP contribution >= 0.6 is 0 Å². The maximum Gasteiger partial charge on any atom is 0.253 e. The quantitative estimate of drug-likeness (QED) is 0.633. The van der Waals surface area contributed by atoms with Gasteiger partial charge in [-0.2, -0.15) is 0 Å². The second-order valence-electron chi connectivity index (χ2n) is 8.37. The molecule has 4 rings (SSSR count). The molecule has 1 unspecified atom stereocenters. The number of hydrogen-bond acceptors (Lipinski definition) is 3. The number of aromatic nitrogens is 1. The Labute approximate surface area is 195 Å². The van der Waals surface area contributed by atoms with Crippen molar-refractivity contribution in [1.29, 1.82) is 0 Å². The smallest absolute Gasteiger partial charge is 0.253 e. The SMILES string of the molecule is Cc1cc(F)c(-c2ccc(=O)n(C)c2)cc1NC(=O)C1=CN(C)C(=O)CC1c1ccc(F)cc1. The molecule has 6 nitrogen and oxygen atoms in total. The molecule has 2 heterocycles. The first-order valence-electron chi connectivity index (χ1n) is 10.7. The molecule has 0 saturated heterocycles. The number of anilines is 1. The van der Waals surface area contributed by atoms with E-state index in [0.29, 0.717) is 28.0 Å². The van der Waals surface area contributed by atoms with E-state index in [4.69, 9.17) is 0 Å². The van der Waals surface area contributed by atoms with Crippen LogP contribution in [0.25, 0.3) is 11.1 Å². The van der Waals surface area contributed by atoms with Crippen LogP contribution in [0.2, 0.25) is 0 Å². The first-order valence-corrected chi connectivity index (χ1v) is 10.7. The molecular formula is C26H23F2N3O3. The standard InChI is InChI=1S/C26H23F2N3O3/c1-15-10-22(28)20(17-6-9-24(32)30(2)13-17)11-23(15)29-26(34)21-14-31(3)25(33)12-19(21)16-4-7-18(27)8-5-16/h4-11,13-14,19H,12H2,1-3H3,(H,29,34). The van der Waals surface area contributed by atoms with Gasteiger partial charge in [0.1, 0.15) is 11.6 Å². The first-order chi connectivity index (χ1) is 16.1. The molecule has 2 aromatic carbocycles. The van der Waals surface area contributed by atoms with Crippen LogP contribution in [0.4, 0.5) is 14.5 Å². The van der Waals surface area contributed by atoms with Gasteiger partial charge in [-0.15, -0.1) is 0 Å². The minimum atomic E-state index is -0.548. The van der Waals surface area contributed by atoms with Gasteiger partial charge in [0.2, 0.25) is 11.5 Å². The topological polar surface area (TPSA) is 71.4 Å². The molecule has 34 heavy (non-hydrogen) atoms. The minimum Gasteiger partial charge on any atom is -0.322 e. The molecule has 174 valence electrons. The van der Waals surface area contributed by atoms with Gasteiger partial charge in [-0.25, -0.2) is 8.78 Å². The number of aryl methyl sites for hydroxylation is 2. The Hall–Kier alpha value is -4.07. The van der Waals surface area contributed by atoms with Crippen LogP contribution in [0.3, 0.4) is 0 Å². The lowest BCUT2D eigenvalue weighted by atomic mass is 9.85. The third-order valence-electron chi connectivity index (χ3n) is 5.97. The van der Waals surface area contributed by atoms with Crippen molar-refractivity contribution < 1.29 is 18.4 Å². The number of carbonyl (C=O) groups excluding carboxylic acids is 2. The second kappa shape index (κ2) is 9.05. The lowest BCUT2D eigenvalue weighted by Crippen LogP contribution is -2.33. The summed E-state index contributed by atoms with van der Waals surface area (Å²) in [5.74, 6) is -2.06. The molecule has 1 atom stereocenters. The normalized spacial score (nSPS) is 15.8. The van der Waals surface area contributed by atoms with Crippen molar-refractivity contribution in [3.63, 3.8) is 0 Å². The van der Waals surface area contributed by atoms with Crippen LogP contribution < -0.4 is 10.9 Å². The Balaban J connectivity index is 1.69. The Kier molecular flexibility index (Phi) is 6.15. The summed E-state index contributed by atoms with van der Waals surface area (Å²) >= 11 is 0. The van der Waals surface area contributed by atoms with Gasteiger partial charge in [0.25, 0.3) is 5.91 Å². The second-order valence-corrected chi connectivity index (χ2v) is 8.37. The van der Waals surface area contributed by atoms with E-state index in [1.54, 1.807) is 33.2 Å². The molecule has 2 amide bonds. The molecule has 1 N–H and O–H groups in total. The van der Waals surface area contributed by atoms with Crippen LogP contribution in [0.1, 0.15) is 23.5 Å². The van der Waals surface area contributed by atoms with E-state index in [9.17, 15) is 23.2 Å². The van der Waals surface area contributed by atoms with E-state index in [2.05, 4.69) is 5.32 Å². The highest BCUT2D eigenvalue weighted by molar-refractivity contribution is 6.07. The average Bonchev–Trinajstić information content (AvgIpc) is 2.79. The molecule has 0 radical (unpaired) electrons. The predicted octanol–water partition coefficient (Wildman–Crippen LogP) is 4.11. The van der Waals surface area contributed by atoms with Crippen LogP contribution in [-0.4, -0.2) is 28.3 Å². The molecule has 8 heteroatoms. The number of nitrogens with zero attached hydrogens (tertiary/aromatic N) is 2. The molecule has 1 aromatic heterocycles. The molecule has 0 bridgehead atoms. The monoisotopic (exact) mass is 463 g/mol. The Bertz CT molecular complexity index is 1380. The number of benzene rings is 2. The summed E-state index contributed by atoms with van der Waals surface area (Å²) in [6.45, 7) is 1.67. The van der Waals surface area contributed by atoms with Gasteiger partial charge in [0, 0.05) is 67.3 Å². The summed E-state index contributed by atoms with van der Waals surface area (Å²) in [6, 6.07) is 11.4. The maximum atomic E-state index is 14.8. The number of halogens is 2. The first kappa shape index (κ1) is 23.1. The van der Waals surface area contributed by atoms with Crippen molar-refractivity contribution in [3.05, 3.63) is 99.6 Å². The Morgan fingerprint density at radius 2 is 1.74 bits per heavy atom. The third-order valence-corrected chi connectivity index (χ3v) is 5.97. The zero-order chi connectivity index (χ0) is 24.6. The molecule has 0 aliphatic carbocycles. The van der Waals surface area contributed by atoms with Crippen molar-refractivity contribution in [3.8, 4) is 11.1 Å². The van der Waals surface area contributed by atoms with Gasteiger partial charge in [-0.1, -0.05) is 12.1 Å². The van der Waals surface area contributed by atoms with Crippen molar-refractivity contribution in [1.82, 2.24) is 9.47 Å². The predicted molar refractivity (Wildman–Crippen MR) is 125 cm³/mol. The number of pyridine rings is 1. The zero-order valence-electron chi connectivity index (χ0n) is 18.9. The molecule has 0 fully saturated rings. The molecule has 0 spiro atoms. The highest BCUT2D eigenvalue weighted by Gasteiger charge is 2.31. The van der Waals surface area contributed by atoms with Crippen LogP contribution in [0.5, 0.6) is 0 Å². The van der Waals surface area contributed by atoms with Gasteiger partial charge in [-0.05, 0) is 48.4 Å². The molecule has 3 aromatic rings. The molecule has 1 aliphatic heterocycles. The maximum absolute atomic E-state index is 14.8. The summed E-state index contributed by atoms with van der Waals surface area (Å²) < 4.78 is 29.5. The number of hydrogen-bond donors (Lipinski definition) is 1. The van der Waals surface area contributed by atoms with E-state index in [1.165, 1.54) is 58.3 Å². The van der Waals surface area contributed by atoms with E-state index >= 15 is 0 Å². The van der Waals surface area contributed by atoms with Crippen LogP contribution in [0.15, 0.2) is 71.3 Å². The summed E-state index contributed by atoms with van der Waals surface area (Å²) in [7, 11) is 3.14.